The number of carbonyl (C=O) groups excluding carboxylic acids is 2. The Morgan fingerprint density at radius 2 is 1.81 bits per heavy atom. The minimum atomic E-state index is -5.08. The van der Waals surface area contributed by atoms with E-state index in [0.717, 1.165) is 11.1 Å². The molecule has 0 saturated carbocycles. The van der Waals surface area contributed by atoms with Crippen molar-refractivity contribution in [3.63, 3.8) is 0 Å². The third-order valence-electron chi connectivity index (χ3n) is 4.39. The molecule has 192 valence electrons. The van der Waals surface area contributed by atoms with E-state index in [1.165, 1.54) is 0 Å². The monoisotopic (exact) mass is 508 g/mol. The highest BCUT2D eigenvalue weighted by molar-refractivity contribution is 6.00. The zero-order chi connectivity index (χ0) is 26.9. The van der Waals surface area contributed by atoms with Crippen molar-refractivity contribution in [2.24, 2.45) is 5.73 Å². The Hall–Kier alpha value is -4.75. The van der Waals surface area contributed by atoms with Crippen molar-refractivity contribution >= 4 is 35.0 Å². The molecule has 0 spiro atoms. The van der Waals surface area contributed by atoms with Gasteiger partial charge in [0, 0.05) is 18.4 Å². The zero-order valence-corrected chi connectivity index (χ0v) is 19.1. The number of carbonyl (C=O) groups is 3. The van der Waals surface area contributed by atoms with Crippen LogP contribution in [0.1, 0.15) is 21.6 Å². The van der Waals surface area contributed by atoms with E-state index >= 15 is 0 Å². The molecule has 0 fully saturated rings. The summed E-state index contributed by atoms with van der Waals surface area (Å²) in [6.07, 6.45) is -3.52. The number of urea groups is 1. The lowest BCUT2D eigenvalue weighted by Crippen LogP contribution is -2.21. The molecule has 2 aromatic carbocycles. The molecular weight excluding hydrogens is 485 g/mol. The minimum absolute atomic E-state index is 0.144. The van der Waals surface area contributed by atoms with Gasteiger partial charge in [0.2, 0.25) is 0 Å². The number of aromatic amines is 1. The molecule has 7 N–H and O–H groups in total. The summed E-state index contributed by atoms with van der Waals surface area (Å²) in [6.45, 7) is 2.35. The Morgan fingerprint density at radius 3 is 2.42 bits per heavy atom. The number of carboxylic acid groups (broad SMARTS) is 1. The first-order valence-corrected chi connectivity index (χ1v) is 10.1. The number of hydrogen-bond acceptors (Lipinski definition) is 6. The van der Waals surface area contributed by atoms with Crippen molar-refractivity contribution < 1.29 is 37.4 Å². The number of nitrogens with one attached hydrogen (secondary N) is 4. The van der Waals surface area contributed by atoms with Crippen LogP contribution in [0.4, 0.5) is 35.0 Å². The predicted octanol–water partition coefficient (Wildman–Crippen LogP) is 3.72. The number of halogens is 3. The van der Waals surface area contributed by atoms with Crippen molar-refractivity contribution in [2.75, 3.05) is 23.1 Å². The van der Waals surface area contributed by atoms with Crippen LogP contribution in [0.15, 0.2) is 48.7 Å². The molecule has 36 heavy (non-hydrogen) atoms. The van der Waals surface area contributed by atoms with Crippen molar-refractivity contribution in [3.05, 3.63) is 65.5 Å². The third-order valence-corrected chi connectivity index (χ3v) is 4.39. The lowest BCUT2D eigenvalue weighted by Gasteiger charge is -2.13. The summed E-state index contributed by atoms with van der Waals surface area (Å²) in [5.74, 6) is -2.80. The molecule has 0 unspecified atom stereocenters. The second-order valence-electron chi connectivity index (χ2n) is 7.15. The Bertz CT molecular complexity index is 1230. The van der Waals surface area contributed by atoms with Gasteiger partial charge in [-0.1, -0.05) is 18.2 Å². The van der Waals surface area contributed by atoms with E-state index in [0.29, 0.717) is 29.4 Å². The fourth-order valence-corrected chi connectivity index (χ4v) is 2.77. The smallest absolute Gasteiger partial charge is 0.490 e. The van der Waals surface area contributed by atoms with Gasteiger partial charge in [0.05, 0.1) is 18.5 Å². The lowest BCUT2D eigenvalue weighted by molar-refractivity contribution is -0.192. The van der Waals surface area contributed by atoms with Gasteiger partial charge >= 0.3 is 18.2 Å². The van der Waals surface area contributed by atoms with E-state index in [1.807, 2.05) is 37.3 Å². The quantitative estimate of drug-likeness (QED) is 0.282. The summed E-state index contributed by atoms with van der Waals surface area (Å²) in [7, 11) is 1.55. The van der Waals surface area contributed by atoms with E-state index in [4.69, 9.17) is 20.4 Å². The number of benzene rings is 2. The van der Waals surface area contributed by atoms with Gasteiger partial charge < -0.3 is 31.5 Å². The molecule has 14 heteroatoms. The average Bonchev–Trinajstić information content (AvgIpc) is 3.27. The van der Waals surface area contributed by atoms with Gasteiger partial charge in [-0.3, -0.25) is 9.89 Å². The van der Waals surface area contributed by atoms with Gasteiger partial charge in [0.15, 0.2) is 5.69 Å². The maximum absolute atomic E-state index is 12.4. The number of H-pyrrole nitrogens is 1. The van der Waals surface area contributed by atoms with Crippen LogP contribution in [-0.2, 0) is 11.3 Å². The number of aromatic nitrogens is 2. The first kappa shape index (κ1) is 27.5. The third kappa shape index (κ3) is 8.23. The molecule has 3 rings (SSSR count). The number of nitrogens with two attached hydrogens (primary N) is 1. The highest BCUT2D eigenvalue weighted by Gasteiger charge is 2.38. The number of alkyl halides is 3. The highest BCUT2D eigenvalue weighted by Crippen LogP contribution is 2.25. The van der Waals surface area contributed by atoms with Gasteiger partial charge in [-0.25, -0.2) is 9.59 Å². The highest BCUT2D eigenvalue weighted by atomic mass is 19.4. The van der Waals surface area contributed by atoms with Crippen molar-refractivity contribution in [1.82, 2.24) is 10.2 Å². The van der Waals surface area contributed by atoms with E-state index in [2.05, 4.69) is 26.1 Å². The molecule has 0 saturated heterocycles. The number of primary amides is 1. The number of aliphatic carboxylic acids is 1. The topological polar surface area (TPSA) is 171 Å². The number of aryl methyl sites for hydroxylation is 1. The fraction of sp³-hybridized carbons (Fsp3) is 0.182. The fourth-order valence-electron chi connectivity index (χ4n) is 2.77. The van der Waals surface area contributed by atoms with Crippen LogP contribution in [0.3, 0.4) is 0 Å². The summed E-state index contributed by atoms with van der Waals surface area (Å²) < 4.78 is 37.0. The molecule has 0 aliphatic rings. The molecule has 0 radical (unpaired) electrons. The van der Waals surface area contributed by atoms with Crippen molar-refractivity contribution in [3.8, 4) is 5.75 Å². The first-order chi connectivity index (χ1) is 16.9. The van der Waals surface area contributed by atoms with E-state index in [-0.39, 0.29) is 11.7 Å². The second kappa shape index (κ2) is 12.1. The minimum Gasteiger partial charge on any atom is -0.495 e. The summed E-state index contributed by atoms with van der Waals surface area (Å²) in [6, 6.07) is 12.5. The molecule has 1 aromatic heterocycles. The number of rotatable bonds is 7. The number of amides is 3. The molecule has 3 amide bonds. The number of anilines is 3. The maximum atomic E-state index is 12.4. The first-order valence-electron chi connectivity index (χ1n) is 10.1. The van der Waals surface area contributed by atoms with E-state index in [9.17, 15) is 22.8 Å². The van der Waals surface area contributed by atoms with Gasteiger partial charge in [0.25, 0.3) is 5.91 Å². The standard InChI is InChI=1S/C20H22N6O3.C2HF3O2/c1-12-6-7-17(29-2)15(8-12)25-20(28)24-14-5-3-4-13(9-14)10-22-16-11-23-26-18(16)19(21)27;3-2(4,5)1(6)7/h3-9,11,22H,10H2,1-2H3,(H2,21,27)(H,23,26)(H2,24,25,28);(H,6,7). The molecular formula is C22H23F3N6O5. The summed E-state index contributed by atoms with van der Waals surface area (Å²) in [5.41, 5.74) is 9.04. The van der Waals surface area contributed by atoms with E-state index < -0.39 is 18.1 Å². The van der Waals surface area contributed by atoms with Crippen LogP contribution >= 0.6 is 0 Å². The normalized spacial score (nSPS) is 10.5. The van der Waals surface area contributed by atoms with Crippen LogP contribution in [0.5, 0.6) is 5.75 Å². The Morgan fingerprint density at radius 1 is 1.11 bits per heavy atom. The zero-order valence-electron chi connectivity index (χ0n) is 19.1. The Kier molecular flexibility index (Phi) is 9.24. The molecule has 11 nitrogen and oxygen atoms in total. The Balaban J connectivity index is 0.000000572. The van der Waals surface area contributed by atoms with Crippen LogP contribution in [0, 0.1) is 6.92 Å². The van der Waals surface area contributed by atoms with Gasteiger partial charge in [0.1, 0.15) is 5.75 Å². The van der Waals surface area contributed by atoms with Crippen molar-refractivity contribution in [2.45, 2.75) is 19.6 Å². The number of hydrogen-bond donors (Lipinski definition) is 6. The average molecular weight is 508 g/mol. The molecule has 1 heterocycles. The molecule has 3 aromatic rings. The summed E-state index contributed by atoms with van der Waals surface area (Å²) in [5, 5.41) is 22.2. The van der Waals surface area contributed by atoms with Gasteiger partial charge in [-0.15, -0.1) is 0 Å². The summed E-state index contributed by atoms with van der Waals surface area (Å²) >= 11 is 0. The van der Waals surface area contributed by atoms with Gasteiger partial charge in [-0.05, 0) is 42.3 Å². The van der Waals surface area contributed by atoms with Gasteiger partial charge in [-0.2, -0.15) is 18.3 Å². The van der Waals surface area contributed by atoms with Crippen LogP contribution in [0.2, 0.25) is 0 Å². The summed E-state index contributed by atoms with van der Waals surface area (Å²) in [4.78, 5) is 32.6. The number of nitrogens with zero attached hydrogens (tertiary/aromatic N) is 1. The lowest BCUT2D eigenvalue weighted by atomic mass is 10.2. The molecule has 0 aliphatic carbocycles. The number of carboxylic acids is 1. The van der Waals surface area contributed by atoms with E-state index in [1.54, 1.807) is 25.4 Å². The molecule has 0 aliphatic heterocycles. The molecule has 0 atom stereocenters. The van der Waals surface area contributed by atoms with Crippen LogP contribution in [0.25, 0.3) is 0 Å². The molecule has 0 bridgehead atoms. The largest absolute Gasteiger partial charge is 0.495 e. The van der Waals surface area contributed by atoms with Crippen LogP contribution < -0.4 is 26.4 Å². The predicted molar refractivity (Wildman–Crippen MR) is 125 cm³/mol. The van der Waals surface area contributed by atoms with Crippen LogP contribution in [-0.4, -0.2) is 46.5 Å². The second-order valence-corrected chi connectivity index (χ2v) is 7.15. The van der Waals surface area contributed by atoms with Crippen molar-refractivity contribution in [1.29, 1.82) is 0 Å². The number of methoxy groups -OCH3 is 1. The number of ether oxygens (including phenoxy) is 1. The SMILES string of the molecule is COc1ccc(C)cc1NC(=O)Nc1cccc(CNc2c[nH]nc2C(N)=O)c1.O=C(O)C(F)(F)F. The Labute approximate surface area is 202 Å². The maximum Gasteiger partial charge on any atom is 0.490 e.